The van der Waals surface area contributed by atoms with Crippen LogP contribution in [-0.4, -0.2) is 62.4 Å². The fourth-order valence-electron chi connectivity index (χ4n) is 4.14. The van der Waals surface area contributed by atoms with Gasteiger partial charge < -0.3 is 29.7 Å². The highest BCUT2D eigenvalue weighted by molar-refractivity contribution is 7.17. The van der Waals surface area contributed by atoms with E-state index in [1.165, 1.54) is 18.3 Å². The van der Waals surface area contributed by atoms with Crippen LogP contribution in [0, 0.1) is 6.92 Å². The lowest BCUT2D eigenvalue weighted by Gasteiger charge is -2.42. The zero-order valence-corrected chi connectivity index (χ0v) is 22.5. The van der Waals surface area contributed by atoms with E-state index in [1.54, 1.807) is 14.0 Å². The number of amides is 2. The summed E-state index contributed by atoms with van der Waals surface area (Å²) in [6, 6.07) is 8.06. The van der Waals surface area contributed by atoms with Crippen molar-refractivity contribution in [2.24, 2.45) is 0 Å². The van der Waals surface area contributed by atoms with Crippen molar-refractivity contribution in [1.29, 1.82) is 0 Å². The third kappa shape index (κ3) is 7.18. The highest BCUT2D eigenvalue weighted by atomic mass is 32.1. The number of methoxy groups -OCH3 is 1. The second-order valence-electron chi connectivity index (χ2n) is 9.15. The molecule has 1 aliphatic heterocycles. The number of rotatable bonds is 11. The van der Waals surface area contributed by atoms with Crippen molar-refractivity contribution in [1.82, 2.24) is 10.3 Å². The molecule has 4 rings (SSSR count). The molecule has 198 valence electrons. The van der Waals surface area contributed by atoms with Crippen LogP contribution in [-0.2, 0) is 19.0 Å². The maximum atomic E-state index is 12.8. The Labute approximate surface area is 221 Å². The number of ether oxygens (including phenoxy) is 3. The summed E-state index contributed by atoms with van der Waals surface area (Å²) in [4.78, 5) is 31.0. The van der Waals surface area contributed by atoms with Gasteiger partial charge in [-0.1, -0.05) is 29.5 Å². The van der Waals surface area contributed by atoms with Crippen LogP contribution in [0.25, 0.3) is 0 Å². The topological polar surface area (TPSA) is 102 Å². The molecule has 1 aromatic carbocycles. The number of hydrogen-bond acceptors (Lipinski definition) is 8. The maximum Gasteiger partial charge on any atom is 0.263 e. The summed E-state index contributed by atoms with van der Waals surface area (Å²) in [5.41, 5.74) is 2.74. The Kier molecular flexibility index (Phi) is 8.96. The van der Waals surface area contributed by atoms with Crippen LogP contribution in [0.1, 0.15) is 47.2 Å². The molecule has 0 spiro atoms. The molecule has 0 saturated carbocycles. The Bertz CT molecular complexity index is 1150. The van der Waals surface area contributed by atoms with Crippen molar-refractivity contribution < 1.29 is 23.8 Å². The van der Waals surface area contributed by atoms with Crippen LogP contribution >= 0.6 is 11.3 Å². The first-order valence-corrected chi connectivity index (χ1v) is 13.2. The summed E-state index contributed by atoms with van der Waals surface area (Å²) in [6.45, 7) is 7.94. The quantitative estimate of drug-likeness (QED) is 0.427. The van der Waals surface area contributed by atoms with Gasteiger partial charge in [0.1, 0.15) is 17.2 Å². The van der Waals surface area contributed by atoms with Crippen molar-refractivity contribution in [2.45, 2.75) is 45.4 Å². The number of anilines is 2. The second kappa shape index (κ2) is 12.4. The fourth-order valence-corrected chi connectivity index (χ4v) is 5.06. The monoisotopic (exact) mass is 526 g/mol. The van der Waals surface area contributed by atoms with E-state index in [0.29, 0.717) is 28.9 Å². The van der Waals surface area contributed by atoms with Gasteiger partial charge in [0, 0.05) is 32.8 Å². The van der Waals surface area contributed by atoms with Crippen molar-refractivity contribution in [3.63, 3.8) is 0 Å². The highest BCUT2D eigenvalue weighted by Gasteiger charge is 2.30. The molecule has 1 aliphatic carbocycles. The molecule has 2 heterocycles. The molecule has 1 fully saturated rings. The smallest absolute Gasteiger partial charge is 0.263 e. The van der Waals surface area contributed by atoms with E-state index < -0.39 is 0 Å². The third-order valence-corrected chi connectivity index (χ3v) is 7.26. The van der Waals surface area contributed by atoms with Gasteiger partial charge in [0.2, 0.25) is 5.91 Å². The van der Waals surface area contributed by atoms with Crippen molar-refractivity contribution in [2.75, 3.05) is 43.6 Å². The van der Waals surface area contributed by atoms with Gasteiger partial charge in [-0.25, -0.2) is 4.98 Å². The number of nitrogens with zero attached hydrogens (tertiary/aromatic N) is 2. The summed E-state index contributed by atoms with van der Waals surface area (Å²) >= 11 is 1.17. The van der Waals surface area contributed by atoms with Gasteiger partial charge in [-0.15, -0.1) is 0 Å². The fraction of sp³-hybridized carbons (Fsp3) is 0.444. The SMILES string of the molecule is COCCOC1=CCC(OC2CN(c3ccc([C@H](C)NC(=O)c4sc(NC(C)=O)nc4C)cc3)C2)C=C1. The molecule has 2 amide bonds. The van der Waals surface area contributed by atoms with E-state index in [-0.39, 0.29) is 30.1 Å². The van der Waals surface area contributed by atoms with Crippen molar-refractivity contribution in [3.8, 4) is 0 Å². The molecule has 2 aromatic rings. The second-order valence-corrected chi connectivity index (χ2v) is 10.1. The van der Waals surface area contributed by atoms with Crippen LogP contribution in [0.15, 0.2) is 48.3 Å². The van der Waals surface area contributed by atoms with Crippen LogP contribution in [0.2, 0.25) is 0 Å². The lowest BCUT2D eigenvalue weighted by Crippen LogP contribution is -2.53. The lowest BCUT2D eigenvalue weighted by atomic mass is 10.0. The van der Waals surface area contributed by atoms with Gasteiger partial charge in [-0.05, 0) is 50.1 Å². The third-order valence-electron chi connectivity index (χ3n) is 6.19. The molecule has 2 aliphatic rings. The molecule has 2 N–H and O–H groups in total. The summed E-state index contributed by atoms with van der Waals surface area (Å²) in [6.07, 6.45) is 7.17. The summed E-state index contributed by atoms with van der Waals surface area (Å²) in [7, 11) is 1.66. The van der Waals surface area contributed by atoms with E-state index in [4.69, 9.17) is 14.2 Å². The number of nitrogens with one attached hydrogen (secondary N) is 2. The molecule has 1 unspecified atom stereocenters. The minimum Gasteiger partial charge on any atom is -0.492 e. The van der Waals surface area contributed by atoms with Gasteiger partial charge in [0.05, 0.1) is 30.6 Å². The Morgan fingerprint density at radius 2 is 1.97 bits per heavy atom. The van der Waals surface area contributed by atoms with Crippen LogP contribution in [0.4, 0.5) is 10.8 Å². The van der Waals surface area contributed by atoms with Gasteiger partial charge in [-0.2, -0.15) is 0 Å². The highest BCUT2D eigenvalue weighted by Crippen LogP contribution is 2.27. The molecule has 2 atom stereocenters. The Morgan fingerprint density at radius 3 is 2.62 bits per heavy atom. The van der Waals surface area contributed by atoms with E-state index in [2.05, 4.69) is 44.8 Å². The number of carbonyl (C=O) groups excluding carboxylic acids is 2. The van der Waals surface area contributed by atoms with E-state index in [0.717, 1.165) is 36.5 Å². The first-order chi connectivity index (χ1) is 17.8. The zero-order chi connectivity index (χ0) is 26.4. The van der Waals surface area contributed by atoms with E-state index in [1.807, 2.05) is 25.1 Å². The van der Waals surface area contributed by atoms with Crippen LogP contribution < -0.4 is 15.5 Å². The van der Waals surface area contributed by atoms with Crippen LogP contribution in [0.5, 0.6) is 0 Å². The molecule has 0 bridgehead atoms. The van der Waals surface area contributed by atoms with Gasteiger partial charge >= 0.3 is 0 Å². The number of carbonyl (C=O) groups is 2. The largest absolute Gasteiger partial charge is 0.492 e. The Balaban J connectivity index is 1.22. The zero-order valence-electron chi connectivity index (χ0n) is 21.7. The summed E-state index contributed by atoms with van der Waals surface area (Å²) < 4.78 is 16.8. The first kappa shape index (κ1) is 26.8. The van der Waals surface area contributed by atoms with Gasteiger partial charge in [-0.3, -0.25) is 9.59 Å². The predicted molar refractivity (Wildman–Crippen MR) is 144 cm³/mol. The van der Waals surface area contributed by atoms with E-state index >= 15 is 0 Å². The Hall–Kier alpha value is -3.21. The molecule has 1 aromatic heterocycles. The average Bonchev–Trinajstić information content (AvgIpc) is 3.21. The molecular weight excluding hydrogens is 492 g/mol. The standard InChI is InChI=1S/C27H34N4O5S/c1-17(28-26(33)25-18(2)29-27(37-25)30-19(3)32)20-5-7-21(8-6-20)31-15-24(16-31)36-23-11-9-22(10-12-23)35-14-13-34-4/h5-11,17,23-24H,12-16H2,1-4H3,(H,28,33)(H,29,30,32)/t17-,23?/m0/s1. The normalized spacial score (nSPS) is 18.1. The maximum absolute atomic E-state index is 12.8. The predicted octanol–water partition coefficient (Wildman–Crippen LogP) is 3.98. The Morgan fingerprint density at radius 1 is 1.22 bits per heavy atom. The molecular formula is C27H34N4O5S. The van der Waals surface area contributed by atoms with Crippen molar-refractivity contribution in [3.05, 3.63) is 64.4 Å². The molecule has 0 radical (unpaired) electrons. The number of aromatic nitrogens is 1. The number of benzene rings is 1. The summed E-state index contributed by atoms with van der Waals surface area (Å²) in [5.74, 6) is 0.455. The number of hydrogen-bond donors (Lipinski definition) is 2. The van der Waals surface area contributed by atoms with Crippen LogP contribution in [0.3, 0.4) is 0 Å². The molecule has 1 saturated heterocycles. The first-order valence-electron chi connectivity index (χ1n) is 12.4. The van der Waals surface area contributed by atoms with Gasteiger partial charge in [0.25, 0.3) is 5.91 Å². The minimum absolute atomic E-state index is 0.0743. The van der Waals surface area contributed by atoms with Crippen molar-refractivity contribution >= 4 is 34.0 Å². The number of aryl methyl sites for hydroxylation is 1. The molecule has 10 heteroatoms. The number of allylic oxidation sites excluding steroid dienone is 1. The van der Waals surface area contributed by atoms with E-state index in [9.17, 15) is 9.59 Å². The number of thiazole rings is 1. The molecule has 37 heavy (non-hydrogen) atoms. The summed E-state index contributed by atoms with van der Waals surface area (Å²) in [5, 5.41) is 6.08. The average molecular weight is 527 g/mol. The minimum atomic E-state index is -0.213. The van der Waals surface area contributed by atoms with Gasteiger partial charge in [0.15, 0.2) is 5.13 Å². The molecule has 9 nitrogen and oxygen atoms in total. The lowest BCUT2D eigenvalue weighted by molar-refractivity contribution is -0.114.